The SMILES string of the molecule is C[C@H](c1ccccc1)[C@H]1CCCCCCCCCCC1=O. The highest BCUT2D eigenvalue weighted by Crippen LogP contribution is 2.31. The zero-order valence-corrected chi connectivity index (χ0v) is 13.5. The van der Waals surface area contributed by atoms with Crippen molar-refractivity contribution in [3.05, 3.63) is 35.9 Å². The quantitative estimate of drug-likeness (QED) is 0.662. The Morgan fingerprint density at radius 2 is 1.43 bits per heavy atom. The predicted molar refractivity (Wildman–Crippen MR) is 89.5 cm³/mol. The number of carbonyl (C=O) groups is 1. The molecule has 1 nitrogen and oxygen atoms in total. The van der Waals surface area contributed by atoms with Gasteiger partial charge in [-0.1, -0.05) is 82.2 Å². The molecular formula is C20H30O. The predicted octanol–water partition coefficient (Wildman–Crippen LogP) is 5.89. The molecule has 0 bridgehead atoms. The number of benzene rings is 1. The van der Waals surface area contributed by atoms with E-state index in [1.807, 2.05) is 0 Å². The molecule has 1 fully saturated rings. The number of hydrogen-bond donors (Lipinski definition) is 0. The monoisotopic (exact) mass is 286 g/mol. The van der Waals surface area contributed by atoms with Crippen LogP contribution in [-0.2, 0) is 4.79 Å². The molecule has 0 N–H and O–H groups in total. The Labute approximate surface area is 130 Å². The molecule has 0 heterocycles. The van der Waals surface area contributed by atoms with Crippen LogP contribution in [0.25, 0.3) is 0 Å². The summed E-state index contributed by atoms with van der Waals surface area (Å²) in [6, 6.07) is 10.6. The van der Waals surface area contributed by atoms with Gasteiger partial charge in [-0.3, -0.25) is 4.79 Å². The van der Waals surface area contributed by atoms with Gasteiger partial charge >= 0.3 is 0 Å². The lowest BCUT2D eigenvalue weighted by Gasteiger charge is -2.24. The fraction of sp³-hybridized carbons (Fsp3) is 0.650. The molecule has 1 aliphatic rings. The maximum absolute atomic E-state index is 12.6. The largest absolute Gasteiger partial charge is 0.299 e. The number of rotatable bonds is 2. The number of ketones is 1. The normalized spacial score (nSPS) is 23.9. The van der Waals surface area contributed by atoms with E-state index in [-0.39, 0.29) is 5.92 Å². The first-order valence-corrected chi connectivity index (χ1v) is 8.86. The first-order chi connectivity index (χ1) is 10.3. The average molecular weight is 286 g/mol. The summed E-state index contributed by atoms with van der Waals surface area (Å²) in [6.07, 6.45) is 12.1. The molecule has 0 unspecified atom stereocenters. The zero-order valence-electron chi connectivity index (χ0n) is 13.5. The van der Waals surface area contributed by atoms with Crippen molar-refractivity contribution in [1.82, 2.24) is 0 Å². The Hall–Kier alpha value is -1.11. The van der Waals surface area contributed by atoms with Crippen molar-refractivity contribution >= 4 is 5.78 Å². The molecule has 0 spiro atoms. The fourth-order valence-electron chi connectivity index (χ4n) is 3.59. The van der Waals surface area contributed by atoms with E-state index in [1.165, 1.54) is 50.5 Å². The van der Waals surface area contributed by atoms with Crippen molar-refractivity contribution in [2.75, 3.05) is 0 Å². The molecule has 2 rings (SSSR count). The summed E-state index contributed by atoms with van der Waals surface area (Å²) in [5.41, 5.74) is 1.32. The second-order valence-electron chi connectivity index (χ2n) is 6.64. The van der Waals surface area contributed by atoms with Gasteiger partial charge in [-0.15, -0.1) is 0 Å². The Morgan fingerprint density at radius 1 is 0.857 bits per heavy atom. The maximum Gasteiger partial charge on any atom is 0.136 e. The van der Waals surface area contributed by atoms with Gasteiger partial charge in [-0.2, -0.15) is 0 Å². The van der Waals surface area contributed by atoms with Gasteiger partial charge in [0.2, 0.25) is 0 Å². The summed E-state index contributed by atoms with van der Waals surface area (Å²) >= 11 is 0. The molecule has 116 valence electrons. The van der Waals surface area contributed by atoms with Gasteiger partial charge in [0.25, 0.3) is 0 Å². The van der Waals surface area contributed by atoms with Crippen LogP contribution in [-0.4, -0.2) is 5.78 Å². The molecular weight excluding hydrogens is 256 g/mol. The molecule has 1 aliphatic carbocycles. The lowest BCUT2D eigenvalue weighted by Crippen LogP contribution is -2.21. The summed E-state index contributed by atoms with van der Waals surface area (Å²) in [7, 11) is 0. The summed E-state index contributed by atoms with van der Waals surface area (Å²) in [6.45, 7) is 2.24. The third-order valence-corrected chi connectivity index (χ3v) is 5.03. The van der Waals surface area contributed by atoms with Crippen molar-refractivity contribution in [1.29, 1.82) is 0 Å². The molecule has 21 heavy (non-hydrogen) atoms. The Bertz CT molecular complexity index is 409. The smallest absolute Gasteiger partial charge is 0.136 e. The summed E-state index contributed by atoms with van der Waals surface area (Å²) in [5, 5.41) is 0. The van der Waals surface area contributed by atoms with E-state index in [1.54, 1.807) is 0 Å². The van der Waals surface area contributed by atoms with Gasteiger partial charge in [-0.25, -0.2) is 0 Å². The molecule has 0 aromatic heterocycles. The summed E-state index contributed by atoms with van der Waals surface area (Å²) in [5.74, 6) is 1.10. The molecule has 2 atom stereocenters. The molecule has 0 aliphatic heterocycles. The van der Waals surface area contributed by atoms with Gasteiger partial charge in [0.15, 0.2) is 0 Å². The van der Waals surface area contributed by atoms with E-state index in [0.717, 1.165) is 19.3 Å². The van der Waals surface area contributed by atoms with Crippen molar-refractivity contribution in [2.24, 2.45) is 5.92 Å². The van der Waals surface area contributed by atoms with E-state index in [9.17, 15) is 4.79 Å². The second-order valence-corrected chi connectivity index (χ2v) is 6.64. The minimum atomic E-state index is 0.229. The summed E-state index contributed by atoms with van der Waals surface area (Å²) < 4.78 is 0. The molecule has 0 radical (unpaired) electrons. The van der Waals surface area contributed by atoms with Crippen LogP contribution in [0.1, 0.15) is 82.6 Å². The zero-order chi connectivity index (χ0) is 14.9. The van der Waals surface area contributed by atoms with Crippen LogP contribution in [0.15, 0.2) is 30.3 Å². The van der Waals surface area contributed by atoms with Crippen LogP contribution >= 0.6 is 0 Å². The van der Waals surface area contributed by atoms with Crippen LogP contribution in [0.4, 0.5) is 0 Å². The highest BCUT2D eigenvalue weighted by Gasteiger charge is 2.25. The van der Waals surface area contributed by atoms with E-state index in [4.69, 9.17) is 0 Å². The van der Waals surface area contributed by atoms with Crippen LogP contribution < -0.4 is 0 Å². The number of carbonyl (C=O) groups excluding carboxylic acids is 1. The number of hydrogen-bond acceptors (Lipinski definition) is 1. The van der Waals surface area contributed by atoms with Crippen LogP contribution in [0.3, 0.4) is 0 Å². The van der Waals surface area contributed by atoms with Crippen molar-refractivity contribution in [3.63, 3.8) is 0 Å². The highest BCUT2D eigenvalue weighted by atomic mass is 16.1. The number of Topliss-reactive ketones (excluding diaryl/α,β-unsaturated/α-hetero) is 1. The maximum atomic E-state index is 12.6. The highest BCUT2D eigenvalue weighted by molar-refractivity contribution is 5.81. The summed E-state index contributed by atoms with van der Waals surface area (Å²) in [4.78, 5) is 12.6. The average Bonchev–Trinajstić information content (AvgIpc) is 2.51. The Kier molecular flexibility index (Phi) is 6.99. The van der Waals surface area contributed by atoms with Crippen LogP contribution in [0, 0.1) is 5.92 Å². The lowest BCUT2D eigenvalue weighted by atomic mass is 9.79. The second kappa shape index (κ2) is 9.02. The minimum absolute atomic E-state index is 0.229. The molecule has 1 aromatic carbocycles. The van der Waals surface area contributed by atoms with Gasteiger partial charge in [-0.05, 0) is 24.3 Å². The van der Waals surface area contributed by atoms with Gasteiger partial charge in [0.1, 0.15) is 5.78 Å². The van der Waals surface area contributed by atoms with E-state index in [0.29, 0.717) is 11.7 Å². The first-order valence-electron chi connectivity index (χ1n) is 8.86. The Morgan fingerprint density at radius 3 is 2.10 bits per heavy atom. The third-order valence-electron chi connectivity index (χ3n) is 5.03. The molecule has 0 saturated heterocycles. The van der Waals surface area contributed by atoms with E-state index >= 15 is 0 Å². The molecule has 1 heteroatoms. The topological polar surface area (TPSA) is 17.1 Å². The van der Waals surface area contributed by atoms with Gasteiger partial charge < -0.3 is 0 Å². The molecule has 1 aromatic rings. The third kappa shape index (κ3) is 5.30. The minimum Gasteiger partial charge on any atom is -0.299 e. The molecule has 0 amide bonds. The van der Waals surface area contributed by atoms with Crippen LogP contribution in [0.5, 0.6) is 0 Å². The van der Waals surface area contributed by atoms with Crippen molar-refractivity contribution < 1.29 is 4.79 Å². The Balaban J connectivity index is 2.02. The fourth-order valence-corrected chi connectivity index (χ4v) is 3.59. The lowest BCUT2D eigenvalue weighted by molar-refractivity contribution is -0.123. The van der Waals surface area contributed by atoms with Crippen LogP contribution in [0.2, 0.25) is 0 Å². The van der Waals surface area contributed by atoms with E-state index < -0.39 is 0 Å². The molecule has 1 saturated carbocycles. The van der Waals surface area contributed by atoms with Crippen molar-refractivity contribution in [3.8, 4) is 0 Å². The van der Waals surface area contributed by atoms with Gasteiger partial charge in [0, 0.05) is 12.3 Å². The van der Waals surface area contributed by atoms with Gasteiger partial charge in [0.05, 0.1) is 0 Å². The first kappa shape index (κ1) is 16.3. The van der Waals surface area contributed by atoms with E-state index in [2.05, 4.69) is 37.3 Å². The standard InChI is InChI=1S/C20H30O/c1-17(18-13-9-8-10-14-18)19-15-11-6-4-2-3-5-7-12-16-20(19)21/h8-10,13-14,17,19H,2-7,11-12,15-16H2,1H3/t17-,19-/m1/s1. The van der Waals surface area contributed by atoms with Crippen molar-refractivity contribution in [2.45, 2.75) is 77.0 Å².